The quantitative estimate of drug-likeness (QED) is 0.757. The second kappa shape index (κ2) is 9.54. The Kier molecular flexibility index (Phi) is 7.12. The lowest BCUT2D eigenvalue weighted by molar-refractivity contribution is -0.126. The Morgan fingerprint density at radius 3 is 2.62 bits per heavy atom. The molecule has 1 aromatic heterocycles. The Morgan fingerprint density at radius 1 is 1.19 bits per heavy atom. The number of rotatable bonds is 7. The first kappa shape index (κ1) is 19.4. The normalized spacial score (nSPS) is 20.6. The number of amides is 1. The zero-order chi connectivity index (χ0) is 18.4. The number of likely N-dealkylation sites (tertiary alicyclic amines) is 1. The summed E-state index contributed by atoms with van der Waals surface area (Å²) in [5.41, 5.74) is 0. The van der Waals surface area contributed by atoms with Crippen LogP contribution >= 0.6 is 0 Å². The van der Waals surface area contributed by atoms with E-state index in [9.17, 15) is 4.79 Å². The molecule has 0 radical (unpaired) electrons. The largest absolute Gasteiger partial charge is 0.356 e. The van der Waals surface area contributed by atoms with Crippen LogP contribution in [0, 0.1) is 5.92 Å². The van der Waals surface area contributed by atoms with Crippen LogP contribution in [0.2, 0.25) is 0 Å². The Labute approximate surface area is 158 Å². The van der Waals surface area contributed by atoms with Gasteiger partial charge >= 0.3 is 0 Å². The minimum atomic E-state index is 0.217. The molecule has 0 spiro atoms. The molecule has 3 rings (SSSR count). The van der Waals surface area contributed by atoms with E-state index in [4.69, 9.17) is 0 Å². The van der Waals surface area contributed by atoms with Gasteiger partial charge in [0.05, 0.1) is 0 Å². The van der Waals surface area contributed by atoms with Crippen molar-refractivity contribution in [3.05, 3.63) is 18.2 Å². The molecular formula is C21H36N4O. The van der Waals surface area contributed by atoms with Crippen molar-refractivity contribution in [2.75, 3.05) is 19.6 Å². The third-order valence-electron chi connectivity index (χ3n) is 6.13. The number of imidazole rings is 1. The lowest BCUT2D eigenvalue weighted by atomic mass is 9.90. The Bertz CT molecular complexity index is 554. The molecule has 1 amide bonds. The molecule has 0 bridgehead atoms. The van der Waals surface area contributed by atoms with Crippen molar-refractivity contribution in [1.29, 1.82) is 0 Å². The van der Waals surface area contributed by atoms with Gasteiger partial charge in [-0.05, 0) is 45.2 Å². The van der Waals surface area contributed by atoms with Gasteiger partial charge in [-0.15, -0.1) is 0 Å². The van der Waals surface area contributed by atoms with Gasteiger partial charge in [-0.3, -0.25) is 4.79 Å². The van der Waals surface area contributed by atoms with Crippen LogP contribution < -0.4 is 5.32 Å². The molecular weight excluding hydrogens is 324 g/mol. The van der Waals surface area contributed by atoms with Gasteiger partial charge < -0.3 is 14.8 Å². The van der Waals surface area contributed by atoms with E-state index in [0.717, 1.165) is 57.3 Å². The average molecular weight is 361 g/mol. The topological polar surface area (TPSA) is 50.2 Å². The second-order valence-corrected chi connectivity index (χ2v) is 8.38. The standard InChI is InChI=1S/C21H36N4O/c1-17(2)20-22-12-16-25(20)13-6-11-23-21(26)18-9-14-24(15-10-18)19-7-4-3-5-8-19/h12,16-19H,3-11,13-15H2,1-2H3,(H,23,26). The van der Waals surface area contributed by atoms with E-state index in [1.165, 1.54) is 32.1 Å². The molecule has 5 nitrogen and oxygen atoms in total. The molecule has 2 heterocycles. The van der Waals surface area contributed by atoms with E-state index < -0.39 is 0 Å². The first-order chi connectivity index (χ1) is 12.6. The van der Waals surface area contributed by atoms with Crippen LogP contribution in [0.3, 0.4) is 0 Å². The SMILES string of the molecule is CC(C)c1nccn1CCCNC(=O)C1CCN(C2CCCCC2)CC1. The summed E-state index contributed by atoms with van der Waals surface area (Å²) in [6, 6.07) is 0.790. The van der Waals surface area contributed by atoms with Crippen LogP contribution in [0.15, 0.2) is 12.4 Å². The number of hydrogen-bond acceptors (Lipinski definition) is 3. The minimum absolute atomic E-state index is 0.217. The van der Waals surface area contributed by atoms with Gasteiger partial charge in [0.1, 0.15) is 5.82 Å². The number of aryl methyl sites for hydroxylation is 1. The summed E-state index contributed by atoms with van der Waals surface area (Å²) in [5.74, 6) is 2.05. The number of carbonyl (C=O) groups excluding carboxylic acids is 1. The molecule has 1 aliphatic heterocycles. The summed E-state index contributed by atoms with van der Waals surface area (Å²) in [6.07, 6.45) is 13.8. The highest BCUT2D eigenvalue weighted by atomic mass is 16.1. The van der Waals surface area contributed by atoms with Crippen LogP contribution in [0.25, 0.3) is 0 Å². The number of nitrogens with one attached hydrogen (secondary N) is 1. The predicted molar refractivity (Wildman–Crippen MR) is 105 cm³/mol. The predicted octanol–water partition coefficient (Wildman–Crippen LogP) is 3.56. The van der Waals surface area contributed by atoms with Crippen LogP contribution in [0.4, 0.5) is 0 Å². The van der Waals surface area contributed by atoms with E-state index >= 15 is 0 Å². The van der Waals surface area contributed by atoms with Gasteiger partial charge in [0.2, 0.25) is 5.91 Å². The monoisotopic (exact) mass is 360 g/mol. The van der Waals surface area contributed by atoms with Crippen molar-refractivity contribution < 1.29 is 4.79 Å². The molecule has 0 aromatic carbocycles. The van der Waals surface area contributed by atoms with Crippen molar-refractivity contribution in [2.45, 2.75) is 83.7 Å². The highest BCUT2D eigenvalue weighted by Crippen LogP contribution is 2.27. The maximum atomic E-state index is 12.5. The first-order valence-corrected chi connectivity index (χ1v) is 10.7. The van der Waals surface area contributed by atoms with Crippen molar-refractivity contribution in [1.82, 2.24) is 19.8 Å². The molecule has 2 aliphatic rings. The third-order valence-corrected chi connectivity index (χ3v) is 6.13. The Balaban J connectivity index is 1.33. The summed E-state index contributed by atoms with van der Waals surface area (Å²) in [6.45, 7) is 8.23. The van der Waals surface area contributed by atoms with Gasteiger partial charge in [-0.1, -0.05) is 33.1 Å². The summed E-state index contributed by atoms with van der Waals surface area (Å²) >= 11 is 0. The van der Waals surface area contributed by atoms with Crippen LogP contribution in [0.5, 0.6) is 0 Å². The van der Waals surface area contributed by atoms with Crippen molar-refractivity contribution in [2.24, 2.45) is 5.92 Å². The Hall–Kier alpha value is -1.36. The first-order valence-electron chi connectivity index (χ1n) is 10.7. The van der Waals surface area contributed by atoms with E-state index in [1.54, 1.807) is 0 Å². The molecule has 0 unspecified atom stereocenters. The van der Waals surface area contributed by atoms with E-state index in [2.05, 4.69) is 33.6 Å². The number of aromatic nitrogens is 2. The molecule has 1 aliphatic carbocycles. The molecule has 1 saturated heterocycles. The summed E-state index contributed by atoms with van der Waals surface area (Å²) in [4.78, 5) is 19.5. The molecule has 146 valence electrons. The van der Waals surface area contributed by atoms with E-state index in [-0.39, 0.29) is 11.8 Å². The third kappa shape index (κ3) is 5.09. The highest BCUT2D eigenvalue weighted by Gasteiger charge is 2.29. The molecule has 2 fully saturated rings. The zero-order valence-electron chi connectivity index (χ0n) is 16.6. The van der Waals surface area contributed by atoms with Crippen molar-refractivity contribution >= 4 is 5.91 Å². The maximum Gasteiger partial charge on any atom is 0.223 e. The van der Waals surface area contributed by atoms with Gasteiger partial charge in [-0.2, -0.15) is 0 Å². The number of hydrogen-bond donors (Lipinski definition) is 1. The molecule has 1 N–H and O–H groups in total. The molecule has 0 atom stereocenters. The number of piperidine rings is 1. The fraction of sp³-hybridized carbons (Fsp3) is 0.810. The lowest BCUT2D eigenvalue weighted by Crippen LogP contribution is -2.45. The van der Waals surface area contributed by atoms with Crippen molar-refractivity contribution in [3.63, 3.8) is 0 Å². The maximum absolute atomic E-state index is 12.5. The van der Waals surface area contributed by atoms with Gasteiger partial charge in [0.25, 0.3) is 0 Å². The number of nitrogens with zero attached hydrogens (tertiary/aromatic N) is 3. The fourth-order valence-corrected chi connectivity index (χ4v) is 4.59. The molecule has 1 aromatic rings. The van der Waals surface area contributed by atoms with Gasteiger partial charge in [0, 0.05) is 43.4 Å². The second-order valence-electron chi connectivity index (χ2n) is 8.38. The smallest absolute Gasteiger partial charge is 0.223 e. The van der Waals surface area contributed by atoms with Gasteiger partial charge in [-0.25, -0.2) is 4.98 Å². The number of carbonyl (C=O) groups is 1. The highest BCUT2D eigenvalue weighted by molar-refractivity contribution is 5.78. The van der Waals surface area contributed by atoms with E-state index in [0.29, 0.717) is 5.92 Å². The Morgan fingerprint density at radius 2 is 1.92 bits per heavy atom. The average Bonchev–Trinajstić information content (AvgIpc) is 3.15. The van der Waals surface area contributed by atoms with E-state index in [1.807, 2.05) is 12.4 Å². The fourth-order valence-electron chi connectivity index (χ4n) is 4.59. The summed E-state index contributed by atoms with van der Waals surface area (Å²) in [5, 5.41) is 3.17. The minimum Gasteiger partial charge on any atom is -0.356 e. The van der Waals surface area contributed by atoms with Crippen LogP contribution in [-0.4, -0.2) is 46.0 Å². The summed E-state index contributed by atoms with van der Waals surface area (Å²) < 4.78 is 2.21. The molecule has 26 heavy (non-hydrogen) atoms. The summed E-state index contributed by atoms with van der Waals surface area (Å²) in [7, 11) is 0. The van der Waals surface area contributed by atoms with Crippen molar-refractivity contribution in [3.8, 4) is 0 Å². The van der Waals surface area contributed by atoms with Crippen LogP contribution in [0.1, 0.15) is 77.0 Å². The lowest BCUT2D eigenvalue weighted by Gasteiger charge is -2.38. The molecule has 5 heteroatoms. The zero-order valence-corrected chi connectivity index (χ0v) is 16.6. The van der Waals surface area contributed by atoms with Crippen LogP contribution in [-0.2, 0) is 11.3 Å². The molecule has 1 saturated carbocycles. The van der Waals surface area contributed by atoms with Gasteiger partial charge in [0.15, 0.2) is 0 Å².